The maximum atomic E-state index is 12.3. The van der Waals surface area contributed by atoms with Crippen LogP contribution >= 0.6 is 0 Å². The number of nitrogens with one attached hydrogen (secondary N) is 1. The number of rotatable bonds is 2. The van der Waals surface area contributed by atoms with Gasteiger partial charge in [0.25, 0.3) is 0 Å². The van der Waals surface area contributed by atoms with Gasteiger partial charge in [0.05, 0.1) is 15.7 Å². The fourth-order valence-electron chi connectivity index (χ4n) is 3.25. The fourth-order valence-corrected chi connectivity index (χ4v) is 4.23. The number of piperidine rings is 1. The van der Waals surface area contributed by atoms with E-state index in [1.807, 2.05) is 46.4 Å². The Hall–Kier alpha value is -0.620. The van der Waals surface area contributed by atoms with Gasteiger partial charge in [0.2, 0.25) is 0 Å². The summed E-state index contributed by atoms with van der Waals surface area (Å²) in [7, 11) is -1.03. The smallest absolute Gasteiger partial charge is 0.410 e. The average Bonchev–Trinajstić information content (AvgIpc) is 2.40. The molecule has 2 fully saturated rings. The summed E-state index contributed by atoms with van der Waals surface area (Å²) < 4.78 is 20.9. The van der Waals surface area contributed by atoms with Crippen molar-refractivity contribution in [2.24, 2.45) is 5.41 Å². The van der Waals surface area contributed by atoms with Crippen molar-refractivity contribution in [1.29, 1.82) is 0 Å². The van der Waals surface area contributed by atoms with Crippen LogP contribution in [0.3, 0.4) is 0 Å². The van der Waals surface area contributed by atoms with Gasteiger partial charge in [-0.2, -0.15) is 0 Å². The van der Waals surface area contributed by atoms with Gasteiger partial charge >= 0.3 is 6.09 Å². The molecule has 2 unspecified atom stereocenters. The number of hydrogen-bond acceptors (Lipinski definition) is 3. The normalized spacial score (nSPS) is 25.8. The minimum absolute atomic E-state index is 0.208. The maximum Gasteiger partial charge on any atom is 0.410 e. The summed E-state index contributed by atoms with van der Waals surface area (Å²) in [5.74, 6) is 0. The third-order valence-corrected chi connectivity index (χ3v) is 6.50. The van der Waals surface area contributed by atoms with Gasteiger partial charge in [-0.3, -0.25) is 0 Å². The highest BCUT2D eigenvalue weighted by molar-refractivity contribution is 7.84. The van der Waals surface area contributed by atoms with Crippen LogP contribution in [0.5, 0.6) is 0 Å². The van der Waals surface area contributed by atoms with Gasteiger partial charge in [0.15, 0.2) is 0 Å². The zero-order valence-corrected chi connectivity index (χ0v) is 16.2. The quantitative estimate of drug-likeness (QED) is 0.837. The molecule has 1 N–H and O–H groups in total. The molecule has 0 radical (unpaired) electrons. The highest BCUT2D eigenvalue weighted by Crippen LogP contribution is 2.49. The number of nitrogens with zero attached hydrogens (tertiary/aromatic N) is 1. The van der Waals surface area contributed by atoms with Crippen LogP contribution < -0.4 is 4.72 Å². The molecule has 1 heterocycles. The van der Waals surface area contributed by atoms with Crippen LogP contribution in [-0.4, -0.2) is 44.7 Å². The Morgan fingerprint density at radius 1 is 1.13 bits per heavy atom. The van der Waals surface area contributed by atoms with Crippen molar-refractivity contribution in [3.63, 3.8) is 0 Å². The molecule has 0 bridgehead atoms. The average molecular weight is 345 g/mol. The summed E-state index contributed by atoms with van der Waals surface area (Å²) >= 11 is 0. The molecule has 1 amide bonds. The molecule has 1 aliphatic carbocycles. The number of ether oxygens (including phenoxy) is 1. The van der Waals surface area contributed by atoms with Crippen LogP contribution in [0.2, 0.25) is 0 Å². The lowest BCUT2D eigenvalue weighted by atomic mass is 9.60. The first-order chi connectivity index (χ1) is 10.4. The van der Waals surface area contributed by atoms with Crippen LogP contribution in [0.1, 0.15) is 67.2 Å². The van der Waals surface area contributed by atoms with E-state index in [4.69, 9.17) is 4.74 Å². The van der Waals surface area contributed by atoms with Gasteiger partial charge < -0.3 is 9.64 Å². The van der Waals surface area contributed by atoms with Crippen LogP contribution in [0.4, 0.5) is 4.79 Å². The van der Waals surface area contributed by atoms with Crippen molar-refractivity contribution >= 4 is 17.1 Å². The Morgan fingerprint density at radius 3 is 2.09 bits per heavy atom. The first-order valence-electron chi connectivity index (χ1n) is 8.59. The standard InChI is InChI=1S/C17H32N2O3S/c1-15(2,3)22-14(20)19-11-9-17(10-12-19)8-7-13(17)18-23(21)16(4,5)6/h13,18H,7-12H2,1-6H3. The SMILES string of the molecule is CC(C)(C)OC(=O)N1CCC2(CCC2NS(=O)C(C)(C)C)CC1. The molecule has 6 heteroatoms. The van der Waals surface area contributed by atoms with Crippen LogP contribution in [0.25, 0.3) is 0 Å². The minimum Gasteiger partial charge on any atom is -0.444 e. The highest BCUT2D eigenvalue weighted by Gasteiger charge is 2.50. The third-order valence-electron chi connectivity index (χ3n) is 4.89. The predicted molar refractivity (Wildman–Crippen MR) is 93.5 cm³/mol. The second kappa shape index (κ2) is 6.36. The monoisotopic (exact) mass is 344 g/mol. The number of likely N-dealkylation sites (tertiary alicyclic amines) is 1. The Bertz CT molecular complexity index is 471. The van der Waals surface area contributed by atoms with Crippen LogP contribution in [0, 0.1) is 5.41 Å². The van der Waals surface area contributed by atoms with E-state index in [0.29, 0.717) is 6.04 Å². The molecule has 5 nitrogen and oxygen atoms in total. The third kappa shape index (κ3) is 4.47. The van der Waals surface area contributed by atoms with Gasteiger partial charge in [-0.05, 0) is 72.6 Å². The van der Waals surface area contributed by atoms with E-state index < -0.39 is 16.6 Å². The van der Waals surface area contributed by atoms with Crippen molar-refractivity contribution in [3.05, 3.63) is 0 Å². The van der Waals surface area contributed by atoms with E-state index in [0.717, 1.165) is 38.8 Å². The molecule has 2 rings (SSSR count). The van der Waals surface area contributed by atoms with Gasteiger partial charge in [0.1, 0.15) is 5.60 Å². The van der Waals surface area contributed by atoms with E-state index in [1.54, 1.807) is 0 Å². The molecule has 1 spiro atoms. The number of hydrogen-bond donors (Lipinski definition) is 1. The summed E-state index contributed by atoms with van der Waals surface area (Å²) in [6.07, 6.45) is 3.95. The number of carbonyl (C=O) groups excluding carboxylic acids is 1. The summed E-state index contributed by atoms with van der Waals surface area (Å²) in [4.78, 5) is 14.0. The zero-order valence-electron chi connectivity index (χ0n) is 15.4. The molecular weight excluding hydrogens is 312 g/mol. The van der Waals surface area contributed by atoms with E-state index in [1.165, 1.54) is 0 Å². The molecule has 2 atom stereocenters. The Kier molecular flexibility index (Phi) is 5.17. The van der Waals surface area contributed by atoms with Crippen molar-refractivity contribution in [2.75, 3.05) is 13.1 Å². The molecule has 0 aromatic heterocycles. The van der Waals surface area contributed by atoms with Crippen molar-refractivity contribution in [1.82, 2.24) is 9.62 Å². The Morgan fingerprint density at radius 2 is 1.70 bits per heavy atom. The van der Waals surface area contributed by atoms with Gasteiger partial charge in [-0.15, -0.1) is 0 Å². The summed E-state index contributed by atoms with van der Waals surface area (Å²) in [6, 6.07) is 0.309. The second-order valence-corrected chi connectivity index (χ2v) is 10.9. The van der Waals surface area contributed by atoms with E-state index in [2.05, 4.69) is 4.72 Å². The molecule has 1 aliphatic heterocycles. The molecule has 1 saturated carbocycles. The van der Waals surface area contributed by atoms with Crippen molar-refractivity contribution in [2.45, 2.75) is 83.6 Å². The lowest BCUT2D eigenvalue weighted by molar-refractivity contribution is -0.0181. The van der Waals surface area contributed by atoms with Crippen LogP contribution in [-0.2, 0) is 15.7 Å². The topological polar surface area (TPSA) is 58.6 Å². The summed E-state index contributed by atoms with van der Waals surface area (Å²) in [5.41, 5.74) is -0.240. The van der Waals surface area contributed by atoms with E-state index in [9.17, 15) is 9.00 Å². The zero-order chi connectivity index (χ0) is 17.5. The minimum atomic E-state index is -1.03. The molecule has 1 saturated heterocycles. The second-order valence-electron chi connectivity index (χ2n) is 8.92. The first kappa shape index (κ1) is 18.7. The Balaban J connectivity index is 1.88. The van der Waals surface area contributed by atoms with E-state index in [-0.39, 0.29) is 16.3 Å². The van der Waals surface area contributed by atoms with Gasteiger partial charge in [-0.1, -0.05) is 0 Å². The number of amides is 1. The van der Waals surface area contributed by atoms with Crippen LogP contribution in [0.15, 0.2) is 0 Å². The van der Waals surface area contributed by atoms with E-state index >= 15 is 0 Å². The van der Waals surface area contributed by atoms with Gasteiger partial charge in [-0.25, -0.2) is 13.7 Å². The molecule has 2 aliphatic rings. The van der Waals surface area contributed by atoms with Gasteiger partial charge in [0, 0.05) is 19.1 Å². The lowest BCUT2D eigenvalue weighted by Crippen LogP contribution is -2.60. The molecule has 23 heavy (non-hydrogen) atoms. The fraction of sp³-hybridized carbons (Fsp3) is 0.941. The molecule has 0 aromatic carbocycles. The van der Waals surface area contributed by atoms with Crippen molar-refractivity contribution in [3.8, 4) is 0 Å². The Labute approximate surface area is 143 Å². The highest BCUT2D eigenvalue weighted by atomic mass is 32.2. The predicted octanol–water partition coefficient (Wildman–Crippen LogP) is 3.22. The maximum absolute atomic E-state index is 12.3. The summed E-state index contributed by atoms with van der Waals surface area (Å²) in [6.45, 7) is 13.1. The summed E-state index contributed by atoms with van der Waals surface area (Å²) in [5, 5.41) is 0. The molecule has 0 aromatic rings. The lowest BCUT2D eigenvalue weighted by Gasteiger charge is -2.54. The van der Waals surface area contributed by atoms with Crippen molar-refractivity contribution < 1.29 is 13.7 Å². The largest absolute Gasteiger partial charge is 0.444 e. The molecule has 134 valence electrons. The number of carbonyl (C=O) groups is 1. The molecular formula is C17H32N2O3S. The first-order valence-corrected chi connectivity index (χ1v) is 9.74.